The van der Waals surface area contributed by atoms with Gasteiger partial charge in [-0.3, -0.25) is 0 Å². The molecule has 0 nitrogen and oxygen atoms in total. The highest BCUT2D eigenvalue weighted by molar-refractivity contribution is 7.80. The first kappa shape index (κ1) is 11.1. The number of rotatable bonds is 6. The van der Waals surface area contributed by atoms with Crippen molar-refractivity contribution < 1.29 is 0 Å². The average molecular weight is 195 g/mol. The highest BCUT2D eigenvalue weighted by atomic mass is 32.1. The van der Waals surface area contributed by atoms with Gasteiger partial charge in [-0.05, 0) is 42.4 Å². The van der Waals surface area contributed by atoms with Crippen molar-refractivity contribution in [2.24, 2.45) is 0 Å². The molecule has 0 heterocycles. The first-order chi connectivity index (χ1) is 4.85. The molecule has 0 N–H and O–H groups in total. The van der Waals surface area contributed by atoms with E-state index in [0.717, 1.165) is 36.5 Å². The molecule has 0 aromatic rings. The Morgan fingerprint density at radius 2 is 1.00 bits per heavy atom. The van der Waals surface area contributed by atoms with E-state index in [1.165, 1.54) is 0 Å². The second-order valence-electron chi connectivity index (χ2n) is 2.17. The predicted molar refractivity (Wildman–Crippen MR) is 58.7 cm³/mol. The van der Waals surface area contributed by atoms with Gasteiger partial charge < -0.3 is 0 Å². The van der Waals surface area contributed by atoms with Crippen molar-refractivity contribution in [1.82, 2.24) is 0 Å². The summed E-state index contributed by atoms with van der Waals surface area (Å²) in [4.78, 5) is 0. The zero-order valence-electron chi connectivity index (χ0n) is 6.08. The summed E-state index contributed by atoms with van der Waals surface area (Å²) < 4.78 is 0. The van der Waals surface area contributed by atoms with Crippen LogP contribution in [0.15, 0.2) is 0 Å². The third-order valence-corrected chi connectivity index (χ3v) is 2.07. The molecule has 0 aliphatic heterocycles. The predicted octanol–water partition coefficient (Wildman–Crippen LogP) is 2.52. The fourth-order valence-electron chi connectivity index (χ4n) is 0.849. The summed E-state index contributed by atoms with van der Waals surface area (Å²) in [5.74, 6) is 4.42. The van der Waals surface area contributed by atoms with Gasteiger partial charge in [0.25, 0.3) is 0 Å². The van der Waals surface area contributed by atoms with Gasteiger partial charge in [-0.25, -0.2) is 0 Å². The van der Waals surface area contributed by atoms with Gasteiger partial charge in [0.15, 0.2) is 0 Å². The van der Waals surface area contributed by atoms with Crippen LogP contribution in [0.5, 0.6) is 0 Å². The first-order valence-electron chi connectivity index (χ1n) is 3.51. The van der Waals surface area contributed by atoms with Gasteiger partial charge >= 0.3 is 0 Å². The van der Waals surface area contributed by atoms with Gasteiger partial charge in [0.05, 0.1) is 0 Å². The topological polar surface area (TPSA) is 0 Å². The molecule has 0 aromatic carbocycles. The highest BCUT2D eigenvalue weighted by Gasteiger charge is 2.05. The molecule has 0 aliphatic carbocycles. The van der Waals surface area contributed by atoms with Gasteiger partial charge in [0.2, 0.25) is 0 Å². The Bertz CT molecular complexity index is 51.6. The molecule has 0 atom stereocenters. The standard InChI is InChI=1S/C7H15S3/c8-4-1-7(2-5-9)3-6-10/h8-10H,1-6H2. The fraction of sp³-hybridized carbons (Fsp3) is 0.857. The van der Waals surface area contributed by atoms with E-state index < -0.39 is 0 Å². The number of hydrogen-bond donors (Lipinski definition) is 3. The van der Waals surface area contributed by atoms with Crippen molar-refractivity contribution in [3.8, 4) is 0 Å². The van der Waals surface area contributed by atoms with E-state index in [1.807, 2.05) is 0 Å². The van der Waals surface area contributed by atoms with Gasteiger partial charge in [0, 0.05) is 0 Å². The molecular formula is C7H15S3. The van der Waals surface area contributed by atoms with E-state index in [4.69, 9.17) is 0 Å². The Morgan fingerprint density at radius 1 is 0.700 bits per heavy atom. The average Bonchev–Trinajstić information content (AvgIpc) is 1.90. The van der Waals surface area contributed by atoms with E-state index >= 15 is 0 Å². The molecule has 61 valence electrons. The second kappa shape index (κ2) is 8.15. The Hall–Kier alpha value is 1.05. The molecule has 0 aromatic heterocycles. The normalized spacial score (nSPS) is 10.8. The van der Waals surface area contributed by atoms with Crippen LogP contribution in [0, 0.1) is 5.92 Å². The minimum Gasteiger partial charge on any atom is -0.179 e. The Kier molecular flexibility index (Phi) is 9.01. The lowest BCUT2D eigenvalue weighted by atomic mass is 10.0. The molecule has 1 radical (unpaired) electrons. The third-order valence-electron chi connectivity index (χ3n) is 1.40. The zero-order valence-corrected chi connectivity index (χ0v) is 8.77. The first-order valence-corrected chi connectivity index (χ1v) is 5.41. The molecule has 0 rings (SSSR count). The summed E-state index contributed by atoms with van der Waals surface area (Å²) in [5, 5.41) is 0. The largest absolute Gasteiger partial charge is 0.179 e. The molecule has 0 aliphatic rings. The Balaban J connectivity index is 3.30. The summed E-state index contributed by atoms with van der Waals surface area (Å²) in [6.07, 6.45) is 3.39. The lowest BCUT2D eigenvalue weighted by molar-refractivity contribution is 0.757. The number of hydrogen-bond acceptors (Lipinski definition) is 3. The molecule has 0 spiro atoms. The van der Waals surface area contributed by atoms with E-state index in [2.05, 4.69) is 37.9 Å². The van der Waals surface area contributed by atoms with Crippen LogP contribution in [0.1, 0.15) is 19.3 Å². The van der Waals surface area contributed by atoms with Crippen LogP contribution in [0.2, 0.25) is 0 Å². The summed E-state index contributed by atoms with van der Waals surface area (Å²) in [6, 6.07) is 0. The molecule has 0 unspecified atom stereocenters. The molecular weight excluding hydrogens is 180 g/mol. The van der Waals surface area contributed by atoms with Gasteiger partial charge in [0.1, 0.15) is 0 Å². The molecule has 0 saturated carbocycles. The second-order valence-corrected chi connectivity index (χ2v) is 3.51. The maximum absolute atomic E-state index is 4.17. The minimum absolute atomic E-state index is 0.955. The van der Waals surface area contributed by atoms with E-state index in [1.54, 1.807) is 5.92 Å². The molecule has 10 heavy (non-hydrogen) atoms. The summed E-state index contributed by atoms with van der Waals surface area (Å²) in [5.41, 5.74) is 0. The van der Waals surface area contributed by atoms with E-state index in [0.29, 0.717) is 0 Å². The SMILES string of the molecule is SCC[C](CCS)CCS. The van der Waals surface area contributed by atoms with Crippen LogP contribution in [0.4, 0.5) is 0 Å². The lowest BCUT2D eigenvalue weighted by Crippen LogP contribution is -2.00. The van der Waals surface area contributed by atoms with Crippen molar-refractivity contribution in [2.75, 3.05) is 17.3 Å². The third kappa shape index (κ3) is 5.81. The Morgan fingerprint density at radius 3 is 1.20 bits per heavy atom. The van der Waals surface area contributed by atoms with E-state index in [-0.39, 0.29) is 0 Å². The minimum atomic E-state index is 0.955. The molecule has 0 amide bonds. The maximum Gasteiger partial charge on any atom is -0.00924 e. The van der Waals surface area contributed by atoms with Crippen molar-refractivity contribution in [2.45, 2.75) is 19.3 Å². The van der Waals surface area contributed by atoms with Gasteiger partial charge in [-0.2, -0.15) is 37.9 Å². The quantitative estimate of drug-likeness (QED) is 0.533. The summed E-state index contributed by atoms with van der Waals surface area (Å²) in [7, 11) is 0. The molecule has 0 fully saturated rings. The monoisotopic (exact) mass is 195 g/mol. The number of thiol groups is 3. The molecule has 3 heteroatoms. The zero-order chi connectivity index (χ0) is 7.82. The van der Waals surface area contributed by atoms with Gasteiger partial charge in [-0.15, -0.1) is 0 Å². The maximum atomic E-state index is 4.17. The highest BCUT2D eigenvalue weighted by Crippen LogP contribution is 2.17. The van der Waals surface area contributed by atoms with Crippen LogP contribution < -0.4 is 0 Å². The van der Waals surface area contributed by atoms with Crippen LogP contribution in [0.3, 0.4) is 0 Å². The summed E-state index contributed by atoms with van der Waals surface area (Å²) in [6.45, 7) is 0. The van der Waals surface area contributed by atoms with Gasteiger partial charge in [-0.1, -0.05) is 0 Å². The van der Waals surface area contributed by atoms with Crippen LogP contribution >= 0.6 is 37.9 Å². The van der Waals surface area contributed by atoms with E-state index in [9.17, 15) is 0 Å². The Labute approximate surface area is 80.4 Å². The van der Waals surface area contributed by atoms with Crippen LogP contribution in [0.25, 0.3) is 0 Å². The lowest BCUT2D eigenvalue weighted by Gasteiger charge is -2.11. The molecule has 0 saturated heterocycles. The smallest absolute Gasteiger partial charge is 0.00924 e. The molecule has 0 bridgehead atoms. The summed E-state index contributed by atoms with van der Waals surface area (Å²) >= 11 is 12.5. The van der Waals surface area contributed by atoms with Crippen molar-refractivity contribution in [3.05, 3.63) is 5.92 Å². The van der Waals surface area contributed by atoms with Crippen molar-refractivity contribution >= 4 is 37.9 Å². The van der Waals surface area contributed by atoms with Crippen molar-refractivity contribution in [3.63, 3.8) is 0 Å². The van der Waals surface area contributed by atoms with Crippen molar-refractivity contribution in [1.29, 1.82) is 0 Å². The van der Waals surface area contributed by atoms with Crippen LogP contribution in [-0.2, 0) is 0 Å². The van der Waals surface area contributed by atoms with Crippen LogP contribution in [-0.4, -0.2) is 17.3 Å². The fourth-order valence-corrected chi connectivity index (χ4v) is 1.80.